The number of primary amides is 1. The number of nitrogens with one attached hydrogen (secondary N) is 1. The highest BCUT2D eigenvalue weighted by Gasteiger charge is 2.24. The van der Waals surface area contributed by atoms with Crippen LogP contribution in [-0.2, 0) is 4.79 Å². The van der Waals surface area contributed by atoms with E-state index in [4.69, 9.17) is 15.2 Å². The number of methoxy groups -OCH3 is 2. The average Bonchev–Trinajstić information content (AvgIpc) is 3.23. The lowest BCUT2D eigenvalue weighted by Gasteiger charge is -2.18. The Morgan fingerprint density at radius 3 is 2.21 bits per heavy atom. The van der Waals surface area contributed by atoms with Crippen molar-refractivity contribution in [2.45, 2.75) is 39.7 Å². The highest BCUT2D eigenvalue weighted by atomic mass is 16.5. The van der Waals surface area contributed by atoms with Gasteiger partial charge in [-0.25, -0.2) is 4.68 Å². The van der Waals surface area contributed by atoms with Gasteiger partial charge in [0.05, 0.1) is 31.2 Å². The van der Waals surface area contributed by atoms with Crippen LogP contribution in [0.2, 0.25) is 0 Å². The van der Waals surface area contributed by atoms with Crippen LogP contribution in [0.25, 0.3) is 16.9 Å². The van der Waals surface area contributed by atoms with Gasteiger partial charge in [0, 0.05) is 12.5 Å². The Labute approximate surface area is 200 Å². The largest absolute Gasteiger partial charge is 0.496 e. The number of hydrogen-bond donors (Lipinski definition) is 2. The fourth-order valence-electron chi connectivity index (χ4n) is 3.92. The Kier molecular flexibility index (Phi) is 7.94. The van der Waals surface area contributed by atoms with Crippen LogP contribution in [0.4, 0.5) is 0 Å². The van der Waals surface area contributed by atoms with Crippen molar-refractivity contribution in [3.63, 3.8) is 0 Å². The third kappa shape index (κ3) is 5.75. The fraction of sp³-hybridized carbons (Fsp3) is 0.346. The second kappa shape index (κ2) is 10.9. The summed E-state index contributed by atoms with van der Waals surface area (Å²) >= 11 is 0. The van der Waals surface area contributed by atoms with Gasteiger partial charge in [0.2, 0.25) is 5.91 Å². The molecule has 0 spiro atoms. The molecular formula is C26H32N4O4. The van der Waals surface area contributed by atoms with E-state index in [1.54, 1.807) is 25.0 Å². The van der Waals surface area contributed by atoms with Crippen molar-refractivity contribution in [1.82, 2.24) is 15.1 Å². The third-order valence-electron chi connectivity index (χ3n) is 5.44. The fourth-order valence-corrected chi connectivity index (χ4v) is 3.92. The summed E-state index contributed by atoms with van der Waals surface area (Å²) in [5.74, 6) is 0.614. The molecule has 0 aliphatic heterocycles. The number of rotatable bonds is 10. The maximum Gasteiger partial charge on any atom is 0.272 e. The second-order valence-corrected chi connectivity index (χ2v) is 8.67. The van der Waals surface area contributed by atoms with E-state index >= 15 is 0 Å². The van der Waals surface area contributed by atoms with Crippen molar-refractivity contribution in [3.8, 4) is 28.4 Å². The number of benzene rings is 2. The molecule has 3 rings (SSSR count). The Hall–Kier alpha value is -3.81. The maximum atomic E-state index is 13.2. The first-order chi connectivity index (χ1) is 16.2. The van der Waals surface area contributed by atoms with Gasteiger partial charge in [-0.2, -0.15) is 5.10 Å². The first-order valence-corrected chi connectivity index (χ1v) is 11.2. The number of aromatic nitrogens is 2. The van der Waals surface area contributed by atoms with E-state index < -0.39 is 5.91 Å². The van der Waals surface area contributed by atoms with E-state index in [0.717, 1.165) is 11.3 Å². The standard InChI is InChI=1S/C26H32N4O4/c1-16(2)13-18(14-24(27)31)28-26(32)20-15-21(25-22(33-4)7-6-8-23(25)34-5)30(29-20)19-11-9-17(3)10-12-19/h6-12,15-16,18H,13-14H2,1-5H3,(H2,27,31)(H,28,32). The molecule has 0 bridgehead atoms. The highest BCUT2D eigenvalue weighted by molar-refractivity contribution is 5.94. The number of nitrogens with two attached hydrogens (primary N) is 1. The number of nitrogens with zero attached hydrogens (tertiary/aromatic N) is 2. The van der Waals surface area contributed by atoms with Crippen LogP contribution < -0.4 is 20.5 Å². The predicted molar refractivity (Wildman–Crippen MR) is 131 cm³/mol. The molecule has 2 amide bonds. The van der Waals surface area contributed by atoms with Crippen molar-refractivity contribution < 1.29 is 19.1 Å². The molecule has 0 fully saturated rings. The summed E-state index contributed by atoms with van der Waals surface area (Å²) in [7, 11) is 3.16. The van der Waals surface area contributed by atoms with Gasteiger partial charge in [0.25, 0.3) is 5.91 Å². The van der Waals surface area contributed by atoms with Crippen molar-refractivity contribution in [2.75, 3.05) is 14.2 Å². The van der Waals surface area contributed by atoms with E-state index in [2.05, 4.69) is 10.4 Å². The summed E-state index contributed by atoms with van der Waals surface area (Å²) < 4.78 is 12.9. The molecule has 34 heavy (non-hydrogen) atoms. The van der Waals surface area contributed by atoms with Crippen LogP contribution >= 0.6 is 0 Å². The minimum atomic E-state index is -0.462. The maximum absolute atomic E-state index is 13.2. The number of amides is 2. The highest BCUT2D eigenvalue weighted by Crippen LogP contribution is 2.39. The first kappa shape index (κ1) is 24.8. The van der Waals surface area contributed by atoms with Gasteiger partial charge < -0.3 is 20.5 Å². The average molecular weight is 465 g/mol. The van der Waals surface area contributed by atoms with Crippen molar-refractivity contribution in [2.24, 2.45) is 11.7 Å². The van der Waals surface area contributed by atoms with Crippen molar-refractivity contribution in [3.05, 3.63) is 59.8 Å². The SMILES string of the molecule is COc1cccc(OC)c1-c1cc(C(=O)NC(CC(N)=O)CC(C)C)nn1-c1ccc(C)cc1. The van der Waals surface area contributed by atoms with Crippen LogP contribution in [0.15, 0.2) is 48.5 Å². The molecule has 0 aliphatic rings. The van der Waals surface area contributed by atoms with E-state index in [-0.39, 0.29) is 30.0 Å². The second-order valence-electron chi connectivity index (χ2n) is 8.67. The van der Waals surface area contributed by atoms with Gasteiger partial charge in [0.1, 0.15) is 11.5 Å². The predicted octanol–water partition coefficient (Wildman–Crippen LogP) is 3.88. The topological polar surface area (TPSA) is 108 Å². The zero-order valence-electron chi connectivity index (χ0n) is 20.3. The van der Waals surface area contributed by atoms with Crippen LogP contribution in [0.1, 0.15) is 42.7 Å². The van der Waals surface area contributed by atoms with Gasteiger partial charge in [-0.05, 0) is 49.6 Å². The molecule has 3 N–H and O–H groups in total. The van der Waals surface area contributed by atoms with E-state index in [1.165, 1.54) is 0 Å². The molecule has 3 aromatic rings. The summed E-state index contributed by atoms with van der Waals surface area (Å²) in [6.45, 7) is 6.06. The van der Waals surface area contributed by atoms with E-state index in [1.807, 2.05) is 63.2 Å². The molecule has 0 aliphatic carbocycles. The van der Waals surface area contributed by atoms with Crippen molar-refractivity contribution >= 4 is 11.8 Å². The molecule has 180 valence electrons. The van der Waals surface area contributed by atoms with Gasteiger partial charge in [-0.15, -0.1) is 0 Å². The Morgan fingerprint density at radius 2 is 1.68 bits per heavy atom. The third-order valence-corrected chi connectivity index (χ3v) is 5.44. The van der Waals surface area contributed by atoms with Crippen LogP contribution in [0.3, 0.4) is 0 Å². The van der Waals surface area contributed by atoms with Crippen LogP contribution in [0.5, 0.6) is 11.5 Å². The van der Waals surface area contributed by atoms with E-state index in [0.29, 0.717) is 29.2 Å². The first-order valence-electron chi connectivity index (χ1n) is 11.2. The summed E-state index contributed by atoms with van der Waals surface area (Å²) in [5, 5.41) is 7.55. The molecule has 1 heterocycles. The molecule has 0 saturated carbocycles. The Bertz CT molecular complexity index is 1130. The lowest BCUT2D eigenvalue weighted by Crippen LogP contribution is -2.39. The molecule has 1 aromatic heterocycles. The molecule has 2 aromatic carbocycles. The van der Waals surface area contributed by atoms with Gasteiger partial charge in [-0.3, -0.25) is 9.59 Å². The van der Waals surface area contributed by atoms with Crippen LogP contribution in [0, 0.1) is 12.8 Å². The Balaban J connectivity index is 2.10. The number of hydrogen-bond acceptors (Lipinski definition) is 5. The minimum Gasteiger partial charge on any atom is -0.496 e. The van der Waals surface area contributed by atoms with Gasteiger partial charge in [-0.1, -0.05) is 37.6 Å². The summed E-state index contributed by atoms with van der Waals surface area (Å²) in [5.41, 5.74) is 8.81. The zero-order valence-corrected chi connectivity index (χ0v) is 20.3. The molecule has 8 heteroatoms. The molecular weight excluding hydrogens is 432 g/mol. The van der Waals surface area contributed by atoms with Crippen LogP contribution in [-0.4, -0.2) is 41.9 Å². The summed E-state index contributed by atoms with van der Waals surface area (Å²) in [6, 6.07) is 14.6. The van der Waals surface area contributed by atoms with Crippen molar-refractivity contribution in [1.29, 1.82) is 0 Å². The number of ether oxygens (including phenoxy) is 2. The molecule has 0 saturated heterocycles. The Morgan fingerprint density at radius 1 is 1.06 bits per heavy atom. The molecule has 1 atom stereocenters. The summed E-state index contributed by atoms with van der Waals surface area (Å²) in [4.78, 5) is 24.7. The van der Waals surface area contributed by atoms with E-state index in [9.17, 15) is 9.59 Å². The number of carbonyl (C=O) groups excluding carboxylic acids is 2. The monoisotopic (exact) mass is 464 g/mol. The van der Waals surface area contributed by atoms with Gasteiger partial charge in [0.15, 0.2) is 5.69 Å². The summed E-state index contributed by atoms with van der Waals surface area (Å²) in [6.07, 6.45) is 0.691. The molecule has 0 radical (unpaired) electrons. The smallest absolute Gasteiger partial charge is 0.272 e. The lowest BCUT2D eigenvalue weighted by atomic mass is 10.0. The number of carbonyl (C=O) groups is 2. The molecule has 8 nitrogen and oxygen atoms in total. The van der Waals surface area contributed by atoms with Gasteiger partial charge >= 0.3 is 0 Å². The zero-order chi connectivity index (χ0) is 24.8. The molecule has 1 unspecified atom stereocenters. The number of aryl methyl sites for hydroxylation is 1. The quantitative estimate of drug-likeness (QED) is 0.473. The minimum absolute atomic E-state index is 0.0653. The lowest BCUT2D eigenvalue weighted by molar-refractivity contribution is -0.118. The normalized spacial score (nSPS) is 11.8.